The van der Waals surface area contributed by atoms with Gasteiger partial charge in [0.25, 0.3) is 0 Å². The molecule has 1 atom stereocenters. The Morgan fingerprint density at radius 1 is 1.40 bits per heavy atom. The summed E-state index contributed by atoms with van der Waals surface area (Å²) < 4.78 is 1.97. The van der Waals surface area contributed by atoms with Crippen molar-refractivity contribution in [2.75, 3.05) is 0 Å². The molecule has 6 heteroatoms. The molecule has 112 valence electrons. The molecule has 1 amide bonds. The highest BCUT2D eigenvalue weighted by Gasteiger charge is 2.22. The van der Waals surface area contributed by atoms with E-state index in [9.17, 15) is 4.79 Å². The number of nitrogens with one attached hydrogen (secondary N) is 1. The highest BCUT2D eigenvalue weighted by atomic mass is 32.2. The first-order chi connectivity index (χ1) is 9.61. The maximum absolute atomic E-state index is 12.2. The topological polar surface area (TPSA) is 59.8 Å². The normalized spacial score (nSPS) is 17.9. The van der Waals surface area contributed by atoms with Gasteiger partial charge >= 0.3 is 0 Å². The standard InChI is InChI=1S/C14H24N4OS/c1-4-12-16-17-14(18(12)3)20-10(2)13(19)15-11-8-6-5-7-9-11/h10-11H,4-9H2,1-3H3,(H,15,19)/t10-/m0/s1. The second-order valence-corrected chi connectivity index (χ2v) is 6.72. The minimum Gasteiger partial charge on any atom is -0.352 e. The molecule has 1 saturated carbocycles. The van der Waals surface area contributed by atoms with E-state index in [2.05, 4.69) is 22.4 Å². The molecule has 1 aromatic rings. The second-order valence-electron chi connectivity index (χ2n) is 5.41. The predicted molar refractivity (Wildman–Crippen MR) is 80.7 cm³/mol. The van der Waals surface area contributed by atoms with Gasteiger partial charge < -0.3 is 9.88 Å². The van der Waals surface area contributed by atoms with Crippen LogP contribution in [0, 0.1) is 0 Å². The van der Waals surface area contributed by atoms with E-state index < -0.39 is 0 Å². The fourth-order valence-electron chi connectivity index (χ4n) is 2.53. The van der Waals surface area contributed by atoms with Crippen LogP contribution in [0.3, 0.4) is 0 Å². The van der Waals surface area contributed by atoms with Gasteiger partial charge in [-0.15, -0.1) is 10.2 Å². The van der Waals surface area contributed by atoms with Crippen molar-refractivity contribution in [3.63, 3.8) is 0 Å². The largest absolute Gasteiger partial charge is 0.352 e. The molecule has 0 bridgehead atoms. The number of carbonyl (C=O) groups is 1. The Labute approximate surface area is 124 Å². The summed E-state index contributed by atoms with van der Waals surface area (Å²) in [6.45, 7) is 3.99. The van der Waals surface area contributed by atoms with Crippen LogP contribution in [-0.2, 0) is 18.3 Å². The predicted octanol–water partition coefficient (Wildman–Crippen LogP) is 2.31. The molecule has 0 aromatic carbocycles. The summed E-state index contributed by atoms with van der Waals surface area (Å²) in [7, 11) is 1.95. The van der Waals surface area contributed by atoms with Gasteiger partial charge in [-0.1, -0.05) is 37.9 Å². The van der Waals surface area contributed by atoms with Gasteiger partial charge in [0.05, 0.1) is 5.25 Å². The first-order valence-electron chi connectivity index (χ1n) is 7.47. The summed E-state index contributed by atoms with van der Waals surface area (Å²) in [4.78, 5) is 12.2. The number of hydrogen-bond acceptors (Lipinski definition) is 4. The van der Waals surface area contributed by atoms with Crippen LogP contribution in [0.2, 0.25) is 0 Å². The van der Waals surface area contributed by atoms with Gasteiger partial charge in [0, 0.05) is 19.5 Å². The molecular formula is C14H24N4OS. The Morgan fingerprint density at radius 3 is 2.70 bits per heavy atom. The van der Waals surface area contributed by atoms with Crippen molar-refractivity contribution < 1.29 is 4.79 Å². The number of nitrogens with zero attached hydrogens (tertiary/aromatic N) is 3. The maximum Gasteiger partial charge on any atom is 0.233 e. The summed E-state index contributed by atoms with van der Waals surface area (Å²) in [6.07, 6.45) is 6.85. The molecule has 1 N–H and O–H groups in total. The average molecular weight is 296 g/mol. The highest BCUT2D eigenvalue weighted by molar-refractivity contribution is 8.00. The molecule has 1 fully saturated rings. The molecule has 0 unspecified atom stereocenters. The fourth-order valence-corrected chi connectivity index (χ4v) is 3.38. The van der Waals surface area contributed by atoms with Crippen molar-refractivity contribution in [3.8, 4) is 0 Å². The summed E-state index contributed by atoms with van der Waals surface area (Å²) in [5, 5.41) is 12.1. The van der Waals surface area contributed by atoms with E-state index in [0.29, 0.717) is 6.04 Å². The summed E-state index contributed by atoms with van der Waals surface area (Å²) in [6, 6.07) is 0.366. The van der Waals surface area contributed by atoms with Crippen molar-refractivity contribution in [3.05, 3.63) is 5.82 Å². The molecule has 1 aromatic heterocycles. The van der Waals surface area contributed by atoms with Crippen molar-refractivity contribution in [1.82, 2.24) is 20.1 Å². The molecular weight excluding hydrogens is 272 g/mol. The number of thioether (sulfide) groups is 1. The lowest BCUT2D eigenvalue weighted by atomic mass is 9.95. The third-order valence-corrected chi connectivity index (χ3v) is 4.98. The van der Waals surface area contributed by atoms with Crippen molar-refractivity contribution in [2.45, 2.75) is 68.8 Å². The highest BCUT2D eigenvalue weighted by Crippen LogP contribution is 2.23. The lowest BCUT2D eigenvalue weighted by Gasteiger charge is -2.24. The third-order valence-electron chi connectivity index (χ3n) is 3.84. The molecule has 5 nitrogen and oxygen atoms in total. The number of amides is 1. The van der Waals surface area contributed by atoms with Crippen LogP contribution in [0.4, 0.5) is 0 Å². The van der Waals surface area contributed by atoms with E-state index in [1.54, 1.807) is 0 Å². The van der Waals surface area contributed by atoms with Gasteiger partial charge in [0.2, 0.25) is 5.91 Å². The second kappa shape index (κ2) is 7.11. The summed E-state index contributed by atoms with van der Waals surface area (Å²) in [5.74, 6) is 1.07. The lowest BCUT2D eigenvalue weighted by molar-refractivity contribution is -0.121. The van der Waals surface area contributed by atoms with E-state index >= 15 is 0 Å². The van der Waals surface area contributed by atoms with Crippen LogP contribution in [0.15, 0.2) is 5.16 Å². The van der Waals surface area contributed by atoms with E-state index in [-0.39, 0.29) is 11.2 Å². The van der Waals surface area contributed by atoms with Crippen LogP contribution >= 0.6 is 11.8 Å². The zero-order chi connectivity index (χ0) is 14.5. The number of aryl methyl sites for hydroxylation is 1. The summed E-state index contributed by atoms with van der Waals surface area (Å²) in [5.41, 5.74) is 0. The van der Waals surface area contributed by atoms with Gasteiger partial charge in [-0.25, -0.2) is 0 Å². The van der Waals surface area contributed by atoms with Gasteiger partial charge in [0.1, 0.15) is 5.82 Å². The zero-order valence-electron chi connectivity index (χ0n) is 12.6. The van der Waals surface area contributed by atoms with E-state index in [1.807, 2.05) is 18.5 Å². The fraction of sp³-hybridized carbons (Fsp3) is 0.786. The number of aromatic nitrogens is 3. The summed E-state index contributed by atoms with van der Waals surface area (Å²) >= 11 is 1.48. The van der Waals surface area contributed by atoms with Gasteiger partial charge in [0.15, 0.2) is 5.16 Å². The zero-order valence-corrected chi connectivity index (χ0v) is 13.4. The number of hydrogen-bond donors (Lipinski definition) is 1. The number of carbonyl (C=O) groups excluding carboxylic acids is 1. The van der Waals surface area contributed by atoms with Crippen LogP contribution in [0.5, 0.6) is 0 Å². The monoisotopic (exact) mass is 296 g/mol. The molecule has 0 aliphatic heterocycles. The SMILES string of the molecule is CCc1nnc(S[C@@H](C)C(=O)NC2CCCCC2)n1C. The van der Waals surface area contributed by atoms with Crippen LogP contribution in [-0.4, -0.2) is 32.0 Å². The van der Waals surface area contributed by atoms with Crippen LogP contribution in [0.25, 0.3) is 0 Å². The Balaban J connectivity index is 1.88. The molecule has 0 saturated heterocycles. The Kier molecular flexibility index (Phi) is 5.46. The van der Waals surface area contributed by atoms with Gasteiger partial charge in [-0.05, 0) is 19.8 Å². The average Bonchev–Trinajstić information content (AvgIpc) is 2.80. The number of rotatable bonds is 5. The minimum atomic E-state index is -0.135. The van der Waals surface area contributed by atoms with E-state index in [4.69, 9.17) is 0 Å². The van der Waals surface area contributed by atoms with Crippen molar-refractivity contribution >= 4 is 17.7 Å². The molecule has 1 aliphatic carbocycles. The van der Waals surface area contributed by atoms with Gasteiger partial charge in [-0.3, -0.25) is 4.79 Å². The quantitative estimate of drug-likeness (QED) is 0.847. The molecule has 20 heavy (non-hydrogen) atoms. The Hall–Kier alpha value is -1.04. The molecule has 1 heterocycles. The Bertz CT molecular complexity index is 454. The van der Waals surface area contributed by atoms with Crippen molar-refractivity contribution in [2.24, 2.45) is 7.05 Å². The molecule has 2 rings (SSSR count). The first kappa shape index (κ1) is 15.4. The Morgan fingerprint density at radius 2 is 2.10 bits per heavy atom. The van der Waals surface area contributed by atoms with Crippen LogP contribution in [0.1, 0.15) is 51.8 Å². The lowest BCUT2D eigenvalue weighted by Crippen LogP contribution is -2.40. The first-order valence-corrected chi connectivity index (χ1v) is 8.35. The van der Waals surface area contributed by atoms with Crippen LogP contribution < -0.4 is 5.32 Å². The smallest absolute Gasteiger partial charge is 0.233 e. The molecule has 0 spiro atoms. The maximum atomic E-state index is 12.2. The van der Waals surface area contributed by atoms with E-state index in [1.165, 1.54) is 31.0 Å². The van der Waals surface area contributed by atoms with Gasteiger partial charge in [-0.2, -0.15) is 0 Å². The third kappa shape index (κ3) is 3.75. The van der Waals surface area contributed by atoms with Crippen molar-refractivity contribution in [1.29, 1.82) is 0 Å². The minimum absolute atomic E-state index is 0.114. The molecule has 0 radical (unpaired) electrons. The molecule has 1 aliphatic rings. The van der Waals surface area contributed by atoms with E-state index in [0.717, 1.165) is 30.2 Å².